The van der Waals surface area contributed by atoms with Crippen molar-refractivity contribution in [3.63, 3.8) is 0 Å². The van der Waals surface area contributed by atoms with Gasteiger partial charge in [-0.2, -0.15) is 0 Å². The van der Waals surface area contributed by atoms with E-state index in [2.05, 4.69) is 0 Å². The third kappa shape index (κ3) is 2.71. The average molecular weight is 310 g/mol. The Kier molecular flexibility index (Phi) is 3.90. The zero-order valence-electron chi connectivity index (χ0n) is 11.6. The number of nitrogens with zero attached hydrogens (tertiary/aromatic N) is 1. The summed E-state index contributed by atoms with van der Waals surface area (Å²) in [6, 6.07) is 21.9. The first-order valence-corrected chi connectivity index (χ1v) is 7.13. The topological polar surface area (TPSA) is 43.1 Å². The monoisotopic (exact) mass is 309 g/mol. The van der Waals surface area contributed by atoms with E-state index in [1.165, 1.54) is 6.07 Å². The second-order valence-electron chi connectivity index (χ2n) is 4.83. The third-order valence-electron chi connectivity index (χ3n) is 3.46. The van der Waals surface area contributed by atoms with E-state index in [9.17, 15) is 10.1 Å². The van der Waals surface area contributed by atoms with E-state index < -0.39 is 0 Å². The molecule has 0 unspecified atom stereocenters. The molecule has 22 heavy (non-hydrogen) atoms. The van der Waals surface area contributed by atoms with Crippen molar-refractivity contribution in [1.82, 2.24) is 0 Å². The highest BCUT2D eigenvalue weighted by Crippen LogP contribution is 2.38. The van der Waals surface area contributed by atoms with Gasteiger partial charge in [0, 0.05) is 11.1 Å². The number of benzene rings is 3. The molecule has 0 aromatic heterocycles. The zero-order valence-corrected chi connectivity index (χ0v) is 12.3. The summed E-state index contributed by atoms with van der Waals surface area (Å²) in [5, 5.41) is 11.8. The van der Waals surface area contributed by atoms with Crippen LogP contribution < -0.4 is 0 Å². The molecule has 0 amide bonds. The molecule has 108 valence electrons. The van der Waals surface area contributed by atoms with Gasteiger partial charge in [0.05, 0.1) is 10.5 Å². The van der Waals surface area contributed by atoms with Crippen molar-refractivity contribution in [3.8, 4) is 22.3 Å². The van der Waals surface area contributed by atoms with Gasteiger partial charge in [0.2, 0.25) is 0 Å². The van der Waals surface area contributed by atoms with Crippen LogP contribution in [0, 0.1) is 10.1 Å². The summed E-state index contributed by atoms with van der Waals surface area (Å²) in [4.78, 5) is 10.9. The van der Waals surface area contributed by atoms with Gasteiger partial charge in [-0.1, -0.05) is 60.1 Å². The van der Waals surface area contributed by atoms with Gasteiger partial charge in [0.15, 0.2) is 0 Å². The highest BCUT2D eigenvalue weighted by atomic mass is 35.5. The molecule has 0 fully saturated rings. The van der Waals surface area contributed by atoms with Crippen LogP contribution in [0.5, 0.6) is 0 Å². The predicted octanol–water partition coefficient (Wildman–Crippen LogP) is 5.58. The van der Waals surface area contributed by atoms with E-state index in [-0.39, 0.29) is 10.6 Å². The highest BCUT2D eigenvalue weighted by molar-refractivity contribution is 6.31. The van der Waals surface area contributed by atoms with Crippen LogP contribution in [0.1, 0.15) is 0 Å². The van der Waals surface area contributed by atoms with Crippen LogP contribution in [0.25, 0.3) is 22.3 Å². The first kappa shape index (κ1) is 14.3. The molecule has 0 saturated heterocycles. The molecule has 0 aliphatic heterocycles. The molecule has 3 aromatic carbocycles. The summed E-state index contributed by atoms with van der Waals surface area (Å²) < 4.78 is 0. The summed E-state index contributed by atoms with van der Waals surface area (Å²) in [6.45, 7) is 0. The summed E-state index contributed by atoms with van der Waals surface area (Å²) in [5.41, 5.74) is 3.30. The van der Waals surface area contributed by atoms with Crippen LogP contribution in [-0.4, -0.2) is 4.92 Å². The molecule has 0 N–H and O–H groups in total. The lowest BCUT2D eigenvalue weighted by molar-refractivity contribution is -0.384. The molecule has 3 aromatic rings. The first-order valence-electron chi connectivity index (χ1n) is 6.75. The van der Waals surface area contributed by atoms with Crippen LogP contribution >= 0.6 is 11.6 Å². The Hall–Kier alpha value is -2.65. The van der Waals surface area contributed by atoms with Crippen molar-refractivity contribution in [1.29, 1.82) is 0 Å². The van der Waals surface area contributed by atoms with Crippen LogP contribution in [-0.2, 0) is 0 Å². The van der Waals surface area contributed by atoms with Gasteiger partial charge in [-0.15, -0.1) is 0 Å². The van der Waals surface area contributed by atoms with Crippen molar-refractivity contribution in [2.75, 3.05) is 0 Å². The third-order valence-corrected chi connectivity index (χ3v) is 3.69. The van der Waals surface area contributed by atoms with Crippen molar-refractivity contribution in [2.45, 2.75) is 0 Å². The van der Waals surface area contributed by atoms with E-state index in [4.69, 9.17) is 11.6 Å². The second-order valence-corrected chi connectivity index (χ2v) is 5.27. The van der Waals surface area contributed by atoms with Gasteiger partial charge in [0.1, 0.15) is 0 Å². The van der Waals surface area contributed by atoms with Gasteiger partial charge in [-0.05, 0) is 34.9 Å². The lowest BCUT2D eigenvalue weighted by Crippen LogP contribution is -1.93. The van der Waals surface area contributed by atoms with Gasteiger partial charge >= 0.3 is 0 Å². The molecule has 0 saturated carbocycles. The van der Waals surface area contributed by atoms with E-state index in [1.807, 2.05) is 36.4 Å². The van der Waals surface area contributed by atoms with Gasteiger partial charge in [-0.3, -0.25) is 10.1 Å². The number of hydrogen-bond acceptors (Lipinski definition) is 2. The molecule has 0 heterocycles. The van der Waals surface area contributed by atoms with E-state index in [0.29, 0.717) is 10.6 Å². The summed E-state index contributed by atoms with van der Waals surface area (Å²) in [6.07, 6.45) is 0. The maximum atomic E-state index is 11.3. The van der Waals surface area contributed by atoms with Crippen molar-refractivity contribution in [3.05, 3.63) is 87.9 Å². The zero-order chi connectivity index (χ0) is 15.5. The second kappa shape index (κ2) is 6.00. The Morgan fingerprint density at radius 1 is 0.773 bits per heavy atom. The average Bonchev–Trinajstić information content (AvgIpc) is 2.55. The highest BCUT2D eigenvalue weighted by Gasteiger charge is 2.17. The van der Waals surface area contributed by atoms with E-state index >= 15 is 0 Å². The van der Waals surface area contributed by atoms with Gasteiger partial charge in [0.25, 0.3) is 5.69 Å². The fraction of sp³-hybridized carbons (Fsp3) is 0. The minimum atomic E-state index is -0.370. The summed E-state index contributed by atoms with van der Waals surface area (Å²) >= 11 is 6.12. The lowest BCUT2D eigenvalue weighted by Gasteiger charge is -2.11. The Morgan fingerprint density at radius 3 is 2.18 bits per heavy atom. The largest absolute Gasteiger partial charge is 0.277 e. The molecular formula is C18H12ClNO2. The van der Waals surface area contributed by atoms with Crippen molar-refractivity contribution < 1.29 is 4.92 Å². The number of hydrogen-bond donors (Lipinski definition) is 0. The fourth-order valence-corrected chi connectivity index (χ4v) is 2.64. The molecule has 0 aliphatic rings. The maximum absolute atomic E-state index is 11.3. The predicted molar refractivity (Wildman–Crippen MR) is 89.0 cm³/mol. The van der Waals surface area contributed by atoms with Crippen molar-refractivity contribution in [2.24, 2.45) is 0 Å². The Labute approximate surface area is 133 Å². The molecule has 4 heteroatoms. The standard InChI is InChI=1S/C18H12ClNO2/c19-14-10-11-15(13-6-2-1-3-7-13)17(12-14)16-8-4-5-9-18(16)20(21)22/h1-12H. The lowest BCUT2D eigenvalue weighted by atomic mass is 9.94. The van der Waals surface area contributed by atoms with Crippen LogP contribution in [0.15, 0.2) is 72.8 Å². The molecule has 3 nitrogen and oxygen atoms in total. The SMILES string of the molecule is O=[N+]([O-])c1ccccc1-c1cc(Cl)ccc1-c1ccccc1. The normalized spacial score (nSPS) is 10.4. The number of nitro benzene ring substituents is 1. The van der Waals surface area contributed by atoms with Crippen LogP contribution in [0.2, 0.25) is 5.02 Å². The van der Waals surface area contributed by atoms with E-state index in [0.717, 1.165) is 16.7 Å². The molecule has 3 rings (SSSR count). The quantitative estimate of drug-likeness (QED) is 0.468. The maximum Gasteiger partial charge on any atom is 0.277 e. The number of halogens is 1. The summed E-state index contributed by atoms with van der Waals surface area (Å²) in [5.74, 6) is 0. The smallest absolute Gasteiger partial charge is 0.258 e. The fourth-order valence-electron chi connectivity index (χ4n) is 2.47. The Balaban J connectivity index is 2.28. The Morgan fingerprint density at radius 2 is 1.45 bits per heavy atom. The number of nitro groups is 1. The molecule has 0 atom stereocenters. The number of para-hydroxylation sites is 1. The minimum Gasteiger partial charge on any atom is -0.258 e. The van der Waals surface area contributed by atoms with E-state index in [1.54, 1.807) is 30.3 Å². The van der Waals surface area contributed by atoms with Crippen LogP contribution in [0.4, 0.5) is 5.69 Å². The molecule has 0 radical (unpaired) electrons. The van der Waals surface area contributed by atoms with Crippen LogP contribution in [0.3, 0.4) is 0 Å². The molecular weight excluding hydrogens is 298 g/mol. The Bertz CT molecular complexity index is 832. The van der Waals surface area contributed by atoms with Gasteiger partial charge in [-0.25, -0.2) is 0 Å². The molecule has 0 aliphatic carbocycles. The van der Waals surface area contributed by atoms with Crippen molar-refractivity contribution >= 4 is 17.3 Å². The first-order chi connectivity index (χ1) is 10.7. The summed E-state index contributed by atoms with van der Waals surface area (Å²) in [7, 11) is 0. The number of rotatable bonds is 3. The molecule has 0 bridgehead atoms. The molecule has 0 spiro atoms. The van der Waals surface area contributed by atoms with Gasteiger partial charge < -0.3 is 0 Å². The minimum absolute atomic E-state index is 0.0712.